The van der Waals surface area contributed by atoms with Gasteiger partial charge in [-0.05, 0) is 49.2 Å². The Morgan fingerprint density at radius 1 is 1.12 bits per heavy atom. The van der Waals surface area contributed by atoms with E-state index in [4.69, 9.17) is 0 Å². The van der Waals surface area contributed by atoms with Crippen LogP contribution in [-0.2, 0) is 12.7 Å². The van der Waals surface area contributed by atoms with E-state index in [0.717, 1.165) is 50.3 Å². The minimum absolute atomic E-state index is 0.0322. The fourth-order valence-electron chi connectivity index (χ4n) is 3.04. The van der Waals surface area contributed by atoms with E-state index < -0.39 is 11.7 Å². The number of halogens is 3. The predicted molar refractivity (Wildman–Crippen MR) is 91.4 cm³/mol. The highest BCUT2D eigenvalue weighted by molar-refractivity contribution is 5.94. The van der Waals surface area contributed by atoms with Crippen LogP contribution in [-0.4, -0.2) is 34.9 Å². The number of nitrogens with one attached hydrogen (secondary N) is 1. The van der Waals surface area contributed by atoms with Crippen LogP contribution in [0.4, 0.5) is 13.2 Å². The van der Waals surface area contributed by atoms with E-state index >= 15 is 0 Å². The Morgan fingerprint density at radius 2 is 1.81 bits per heavy atom. The summed E-state index contributed by atoms with van der Waals surface area (Å²) in [5, 5.41) is 2.92. The van der Waals surface area contributed by atoms with Gasteiger partial charge in [-0.15, -0.1) is 0 Å². The van der Waals surface area contributed by atoms with Gasteiger partial charge in [0.2, 0.25) is 0 Å². The first kappa shape index (κ1) is 18.4. The van der Waals surface area contributed by atoms with Gasteiger partial charge >= 0.3 is 6.18 Å². The summed E-state index contributed by atoms with van der Waals surface area (Å²) in [6.07, 6.45) is -1.01. The summed E-state index contributed by atoms with van der Waals surface area (Å²) in [6.45, 7) is 2.46. The van der Waals surface area contributed by atoms with Gasteiger partial charge in [-0.3, -0.25) is 14.7 Å². The SMILES string of the molecule is O=C(NC1CCN(Cc2ccccn2)CC1)c1ccc(C(F)(F)F)cc1. The normalized spacial score (nSPS) is 16.4. The number of alkyl halides is 3. The van der Waals surface area contributed by atoms with Crippen molar-refractivity contribution in [1.29, 1.82) is 0 Å². The van der Waals surface area contributed by atoms with Gasteiger partial charge in [0, 0.05) is 37.4 Å². The molecule has 1 saturated heterocycles. The van der Waals surface area contributed by atoms with E-state index in [1.54, 1.807) is 6.20 Å². The quantitative estimate of drug-likeness (QED) is 0.904. The molecule has 1 aromatic carbocycles. The molecule has 0 atom stereocenters. The molecule has 1 fully saturated rings. The topological polar surface area (TPSA) is 45.2 Å². The monoisotopic (exact) mass is 363 g/mol. The Balaban J connectivity index is 1.49. The molecule has 1 N–H and O–H groups in total. The summed E-state index contributed by atoms with van der Waals surface area (Å²) < 4.78 is 37.7. The smallest absolute Gasteiger partial charge is 0.349 e. The maximum Gasteiger partial charge on any atom is 0.416 e. The number of nitrogens with zero attached hydrogens (tertiary/aromatic N) is 2. The summed E-state index contributed by atoms with van der Waals surface area (Å²) in [4.78, 5) is 18.8. The number of hydrogen-bond acceptors (Lipinski definition) is 3. The van der Waals surface area contributed by atoms with Crippen molar-refractivity contribution in [3.8, 4) is 0 Å². The molecule has 2 aromatic rings. The molecule has 1 aliphatic heterocycles. The van der Waals surface area contributed by atoms with Crippen molar-refractivity contribution in [2.24, 2.45) is 0 Å². The number of hydrogen-bond donors (Lipinski definition) is 1. The number of benzene rings is 1. The summed E-state index contributed by atoms with van der Waals surface area (Å²) >= 11 is 0. The summed E-state index contributed by atoms with van der Waals surface area (Å²) in [6, 6.07) is 10.2. The Bertz CT molecular complexity index is 724. The third-order valence-corrected chi connectivity index (χ3v) is 4.51. The number of carbonyl (C=O) groups is 1. The molecular formula is C19H20F3N3O. The van der Waals surface area contributed by atoms with Crippen molar-refractivity contribution >= 4 is 5.91 Å². The Labute approximate surface area is 150 Å². The molecule has 0 spiro atoms. The number of likely N-dealkylation sites (tertiary alicyclic amines) is 1. The van der Waals surface area contributed by atoms with E-state index in [1.807, 2.05) is 18.2 Å². The molecule has 0 bridgehead atoms. The second-order valence-corrected chi connectivity index (χ2v) is 6.42. The van der Waals surface area contributed by atoms with Crippen LogP contribution < -0.4 is 5.32 Å². The third-order valence-electron chi connectivity index (χ3n) is 4.51. The van der Waals surface area contributed by atoms with Gasteiger partial charge in [-0.2, -0.15) is 13.2 Å². The average Bonchev–Trinajstić information content (AvgIpc) is 2.63. The van der Waals surface area contributed by atoms with Crippen molar-refractivity contribution in [2.75, 3.05) is 13.1 Å². The largest absolute Gasteiger partial charge is 0.416 e. The lowest BCUT2D eigenvalue weighted by atomic mass is 10.0. The van der Waals surface area contributed by atoms with E-state index in [9.17, 15) is 18.0 Å². The van der Waals surface area contributed by atoms with E-state index in [0.29, 0.717) is 0 Å². The molecule has 2 heterocycles. The standard InChI is InChI=1S/C19H20F3N3O/c20-19(21,22)15-6-4-14(5-7-15)18(26)24-16-8-11-25(12-9-16)13-17-3-1-2-10-23-17/h1-7,10,16H,8-9,11-13H2,(H,24,26). The number of amides is 1. The van der Waals surface area contributed by atoms with Crippen LogP contribution >= 0.6 is 0 Å². The van der Waals surface area contributed by atoms with E-state index in [-0.39, 0.29) is 17.5 Å². The van der Waals surface area contributed by atoms with Gasteiger partial charge in [0.25, 0.3) is 5.91 Å². The molecule has 4 nitrogen and oxygen atoms in total. The lowest BCUT2D eigenvalue weighted by Gasteiger charge is -2.32. The van der Waals surface area contributed by atoms with Crippen molar-refractivity contribution in [2.45, 2.75) is 31.6 Å². The predicted octanol–water partition coefficient (Wildman–Crippen LogP) is 3.49. The van der Waals surface area contributed by atoms with Gasteiger partial charge in [0.05, 0.1) is 11.3 Å². The molecule has 26 heavy (non-hydrogen) atoms. The van der Waals surface area contributed by atoms with Crippen molar-refractivity contribution in [1.82, 2.24) is 15.2 Å². The fourth-order valence-corrected chi connectivity index (χ4v) is 3.04. The zero-order valence-electron chi connectivity index (χ0n) is 14.2. The maximum atomic E-state index is 12.6. The Hall–Kier alpha value is -2.41. The molecule has 7 heteroatoms. The van der Waals surface area contributed by atoms with Crippen LogP contribution in [0, 0.1) is 0 Å². The van der Waals surface area contributed by atoms with Crippen LogP contribution in [0.3, 0.4) is 0 Å². The Kier molecular flexibility index (Phi) is 5.56. The summed E-state index contributed by atoms with van der Waals surface area (Å²) in [5.41, 5.74) is 0.505. The second kappa shape index (κ2) is 7.86. The van der Waals surface area contributed by atoms with Crippen LogP contribution in [0.2, 0.25) is 0 Å². The number of aromatic nitrogens is 1. The van der Waals surface area contributed by atoms with Crippen molar-refractivity contribution in [3.63, 3.8) is 0 Å². The molecule has 1 aromatic heterocycles. The highest BCUT2D eigenvalue weighted by Crippen LogP contribution is 2.29. The molecule has 3 rings (SSSR count). The zero-order chi connectivity index (χ0) is 18.6. The summed E-state index contributed by atoms with van der Waals surface area (Å²) in [5.74, 6) is -0.332. The third kappa shape index (κ3) is 4.82. The first-order valence-corrected chi connectivity index (χ1v) is 8.52. The van der Waals surface area contributed by atoms with Gasteiger partial charge in [-0.25, -0.2) is 0 Å². The first-order valence-electron chi connectivity index (χ1n) is 8.52. The highest BCUT2D eigenvalue weighted by Gasteiger charge is 2.30. The molecule has 0 radical (unpaired) electrons. The molecular weight excluding hydrogens is 343 g/mol. The number of piperidine rings is 1. The average molecular weight is 363 g/mol. The summed E-state index contributed by atoms with van der Waals surface area (Å²) in [7, 11) is 0. The van der Waals surface area contributed by atoms with Gasteiger partial charge in [0.1, 0.15) is 0 Å². The van der Waals surface area contributed by atoms with E-state index in [2.05, 4.69) is 15.2 Å². The Morgan fingerprint density at radius 3 is 2.38 bits per heavy atom. The van der Waals surface area contributed by atoms with Crippen LogP contribution in [0.5, 0.6) is 0 Å². The maximum absolute atomic E-state index is 12.6. The minimum atomic E-state index is -4.39. The first-order chi connectivity index (χ1) is 12.4. The zero-order valence-corrected chi connectivity index (χ0v) is 14.2. The number of carbonyl (C=O) groups excluding carboxylic acids is 1. The number of rotatable bonds is 4. The van der Waals surface area contributed by atoms with Gasteiger partial charge in [-0.1, -0.05) is 6.07 Å². The fraction of sp³-hybridized carbons (Fsp3) is 0.368. The van der Waals surface area contributed by atoms with Crippen LogP contribution in [0.25, 0.3) is 0 Å². The van der Waals surface area contributed by atoms with Crippen LogP contribution in [0.1, 0.15) is 34.5 Å². The molecule has 0 unspecified atom stereocenters. The minimum Gasteiger partial charge on any atom is -0.349 e. The number of pyridine rings is 1. The molecule has 0 aliphatic carbocycles. The molecule has 1 aliphatic rings. The molecule has 138 valence electrons. The van der Waals surface area contributed by atoms with Crippen LogP contribution in [0.15, 0.2) is 48.7 Å². The second-order valence-electron chi connectivity index (χ2n) is 6.42. The van der Waals surface area contributed by atoms with Crippen molar-refractivity contribution < 1.29 is 18.0 Å². The van der Waals surface area contributed by atoms with Crippen molar-refractivity contribution in [3.05, 3.63) is 65.5 Å². The lowest BCUT2D eigenvalue weighted by molar-refractivity contribution is -0.137. The lowest BCUT2D eigenvalue weighted by Crippen LogP contribution is -2.44. The van der Waals surface area contributed by atoms with Gasteiger partial charge < -0.3 is 5.32 Å². The highest BCUT2D eigenvalue weighted by atomic mass is 19.4. The molecule has 1 amide bonds. The van der Waals surface area contributed by atoms with E-state index in [1.165, 1.54) is 12.1 Å². The molecule has 0 saturated carbocycles. The van der Waals surface area contributed by atoms with Gasteiger partial charge in [0.15, 0.2) is 0 Å².